The Kier molecular flexibility index (Phi) is 4.74. The molecule has 2 aromatic heterocycles. The first-order valence-corrected chi connectivity index (χ1v) is 7.80. The van der Waals surface area contributed by atoms with E-state index in [1.807, 2.05) is 17.5 Å². The second-order valence-corrected chi connectivity index (χ2v) is 6.29. The number of thiophene rings is 2. The van der Waals surface area contributed by atoms with Gasteiger partial charge in [0, 0.05) is 22.6 Å². The normalized spacial score (nSPS) is 12.8. The fourth-order valence-corrected chi connectivity index (χ4v) is 3.86. The van der Waals surface area contributed by atoms with Crippen LogP contribution in [0.25, 0.3) is 9.40 Å². The summed E-state index contributed by atoms with van der Waals surface area (Å²) >= 11 is 3.19. The molecule has 2 heterocycles. The smallest absolute Gasteiger partial charge is 0.261 e. The van der Waals surface area contributed by atoms with E-state index in [0.29, 0.717) is 12.5 Å². The Bertz CT molecular complexity index is 489. The number of rotatable bonds is 6. The van der Waals surface area contributed by atoms with Gasteiger partial charge in [-0.2, -0.15) is 0 Å². The molecule has 0 fully saturated rings. The molecule has 2 N–H and O–H groups in total. The van der Waals surface area contributed by atoms with Crippen molar-refractivity contribution in [2.24, 2.45) is 5.92 Å². The fourth-order valence-electron chi connectivity index (χ4n) is 1.83. The van der Waals surface area contributed by atoms with E-state index in [-0.39, 0.29) is 12.5 Å². The molecular weight excluding hydrogens is 266 g/mol. The van der Waals surface area contributed by atoms with Crippen molar-refractivity contribution in [2.45, 2.75) is 19.8 Å². The highest BCUT2D eigenvalue weighted by Crippen LogP contribution is 2.29. The third-order valence-electron chi connectivity index (χ3n) is 3.03. The summed E-state index contributed by atoms with van der Waals surface area (Å²) in [7, 11) is 0. The summed E-state index contributed by atoms with van der Waals surface area (Å²) in [4.78, 5) is 12.8. The molecule has 1 amide bonds. The first-order chi connectivity index (χ1) is 8.74. The van der Waals surface area contributed by atoms with Crippen molar-refractivity contribution in [1.29, 1.82) is 0 Å². The maximum Gasteiger partial charge on any atom is 0.261 e. The number of hydrogen-bond donors (Lipinski definition) is 2. The number of hydrogen-bond acceptors (Lipinski definition) is 4. The highest BCUT2D eigenvalue weighted by atomic mass is 32.1. The van der Waals surface area contributed by atoms with Crippen LogP contribution in [0.2, 0.25) is 0 Å². The van der Waals surface area contributed by atoms with Crippen molar-refractivity contribution in [3.63, 3.8) is 0 Å². The van der Waals surface area contributed by atoms with Crippen LogP contribution in [0.4, 0.5) is 0 Å². The van der Waals surface area contributed by atoms with Crippen LogP contribution in [-0.2, 0) is 0 Å². The van der Waals surface area contributed by atoms with Gasteiger partial charge in [0.15, 0.2) is 0 Å². The van der Waals surface area contributed by atoms with Crippen LogP contribution in [0.1, 0.15) is 29.4 Å². The van der Waals surface area contributed by atoms with E-state index in [0.717, 1.165) is 17.7 Å². The predicted octanol–water partition coefficient (Wildman–Crippen LogP) is 3.10. The molecule has 0 radical (unpaired) electrons. The third kappa shape index (κ3) is 3.10. The van der Waals surface area contributed by atoms with Gasteiger partial charge >= 0.3 is 0 Å². The third-order valence-corrected chi connectivity index (χ3v) is 5.12. The Hall–Kier alpha value is -0.910. The van der Waals surface area contributed by atoms with E-state index in [4.69, 9.17) is 5.11 Å². The van der Waals surface area contributed by atoms with Crippen LogP contribution in [0.3, 0.4) is 0 Å². The highest BCUT2D eigenvalue weighted by molar-refractivity contribution is 7.27. The van der Waals surface area contributed by atoms with Crippen molar-refractivity contribution >= 4 is 38.0 Å². The van der Waals surface area contributed by atoms with Crippen LogP contribution < -0.4 is 5.32 Å². The Morgan fingerprint density at radius 2 is 2.33 bits per heavy atom. The van der Waals surface area contributed by atoms with E-state index in [1.54, 1.807) is 11.3 Å². The molecule has 0 aliphatic heterocycles. The van der Waals surface area contributed by atoms with Crippen LogP contribution >= 0.6 is 22.7 Å². The lowest BCUT2D eigenvalue weighted by molar-refractivity contribution is 0.0947. The van der Waals surface area contributed by atoms with Crippen LogP contribution in [0.15, 0.2) is 17.5 Å². The Morgan fingerprint density at radius 3 is 3.00 bits per heavy atom. The predicted molar refractivity (Wildman–Crippen MR) is 77.5 cm³/mol. The van der Waals surface area contributed by atoms with Gasteiger partial charge in [-0.25, -0.2) is 0 Å². The number of fused-ring (bicyclic) bond motifs is 1. The van der Waals surface area contributed by atoms with Gasteiger partial charge in [-0.15, -0.1) is 22.7 Å². The summed E-state index contributed by atoms with van der Waals surface area (Å²) in [6.45, 7) is 2.90. The number of aliphatic hydroxyl groups is 1. The van der Waals surface area contributed by atoms with Crippen LogP contribution in [0, 0.1) is 5.92 Å². The van der Waals surface area contributed by atoms with Crippen molar-refractivity contribution < 1.29 is 9.90 Å². The summed E-state index contributed by atoms with van der Waals surface area (Å²) in [6.07, 6.45) is 1.72. The van der Waals surface area contributed by atoms with Gasteiger partial charge in [0.2, 0.25) is 0 Å². The second-order valence-electron chi connectivity index (χ2n) is 4.26. The Morgan fingerprint density at radius 1 is 1.50 bits per heavy atom. The molecule has 3 nitrogen and oxygen atoms in total. The largest absolute Gasteiger partial charge is 0.396 e. The molecule has 0 saturated heterocycles. The Labute approximate surface area is 114 Å². The van der Waals surface area contributed by atoms with Gasteiger partial charge in [-0.1, -0.05) is 13.3 Å². The molecule has 0 spiro atoms. The van der Waals surface area contributed by atoms with Crippen LogP contribution in [0.5, 0.6) is 0 Å². The van der Waals surface area contributed by atoms with Crippen molar-refractivity contribution in [2.75, 3.05) is 13.2 Å². The first-order valence-electron chi connectivity index (χ1n) is 6.10. The van der Waals surface area contributed by atoms with Gasteiger partial charge in [-0.3, -0.25) is 4.79 Å². The Balaban J connectivity index is 1.93. The van der Waals surface area contributed by atoms with Gasteiger partial charge in [0.25, 0.3) is 5.91 Å². The standard InChI is InChI=1S/C13H17NO2S2/c1-2-9(3-5-15)8-14-13(16)12-7-11-10(18-12)4-6-17-11/h4,6-7,9,15H,2-3,5,8H2,1H3,(H,14,16). The molecule has 1 atom stereocenters. The number of amides is 1. The average molecular weight is 283 g/mol. The van der Waals surface area contributed by atoms with E-state index >= 15 is 0 Å². The van der Waals surface area contributed by atoms with Crippen molar-refractivity contribution in [1.82, 2.24) is 5.32 Å². The lowest BCUT2D eigenvalue weighted by Crippen LogP contribution is -2.28. The van der Waals surface area contributed by atoms with E-state index < -0.39 is 0 Å². The molecule has 2 rings (SSSR count). The SMILES string of the molecule is CCC(CCO)CNC(=O)c1cc2sccc2s1. The minimum Gasteiger partial charge on any atom is -0.396 e. The number of carbonyl (C=O) groups is 1. The fraction of sp³-hybridized carbons (Fsp3) is 0.462. The van der Waals surface area contributed by atoms with Gasteiger partial charge in [-0.05, 0) is 29.9 Å². The summed E-state index contributed by atoms with van der Waals surface area (Å²) < 4.78 is 2.35. The minimum absolute atomic E-state index is 0.000195. The van der Waals surface area contributed by atoms with E-state index in [1.165, 1.54) is 20.7 Å². The molecule has 98 valence electrons. The maximum absolute atomic E-state index is 12.0. The zero-order valence-electron chi connectivity index (χ0n) is 10.3. The van der Waals surface area contributed by atoms with Crippen molar-refractivity contribution in [3.05, 3.63) is 22.4 Å². The van der Waals surface area contributed by atoms with Gasteiger partial charge in [0.1, 0.15) is 0 Å². The summed E-state index contributed by atoms with van der Waals surface area (Å²) in [5.41, 5.74) is 0. The molecule has 0 aliphatic carbocycles. The maximum atomic E-state index is 12.0. The molecular formula is C13H17NO2S2. The molecule has 18 heavy (non-hydrogen) atoms. The quantitative estimate of drug-likeness (QED) is 0.856. The van der Waals surface area contributed by atoms with E-state index in [9.17, 15) is 4.79 Å². The second kappa shape index (κ2) is 6.31. The summed E-state index contributed by atoms with van der Waals surface area (Å²) in [5, 5.41) is 13.9. The first kappa shape index (κ1) is 13.5. The number of nitrogens with one attached hydrogen (secondary N) is 1. The summed E-state index contributed by atoms with van der Waals surface area (Å²) in [6, 6.07) is 4.00. The number of aliphatic hydroxyl groups excluding tert-OH is 1. The molecule has 0 aliphatic rings. The summed E-state index contributed by atoms with van der Waals surface area (Å²) in [5.74, 6) is 0.361. The van der Waals surface area contributed by atoms with Crippen molar-refractivity contribution in [3.8, 4) is 0 Å². The van der Waals surface area contributed by atoms with Crippen LogP contribution in [-0.4, -0.2) is 24.2 Å². The molecule has 2 aromatic rings. The molecule has 0 saturated carbocycles. The van der Waals surface area contributed by atoms with Gasteiger partial charge in [0.05, 0.1) is 4.88 Å². The monoisotopic (exact) mass is 283 g/mol. The zero-order valence-corrected chi connectivity index (χ0v) is 11.9. The zero-order chi connectivity index (χ0) is 13.0. The minimum atomic E-state index is -0.000195. The highest BCUT2D eigenvalue weighted by Gasteiger charge is 2.12. The van der Waals surface area contributed by atoms with E-state index in [2.05, 4.69) is 12.2 Å². The molecule has 1 unspecified atom stereocenters. The topological polar surface area (TPSA) is 49.3 Å². The number of carbonyl (C=O) groups excluding carboxylic acids is 1. The lowest BCUT2D eigenvalue weighted by atomic mass is 10.0. The molecule has 5 heteroatoms. The molecule has 0 aromatic carbocycles. The average Bonchev–Trinajstić information content (AvgIpc) is 2.94. The molecule has 0 bridgehead atoms. The van der Waals surface area contributed by atoms with Gasteiger partial charge < -0.3 is 10.4 Å². The lowest BCUT2D eigenvalue weighted by Gasteiger charge is -2.13.